The van der Waals surface area contributed by atoms with Crippen molar-refractivity contribution in [1.82, 2.24) is 30.7 Å². The van der Waals surface area contributed by atoms with E-state index in [4.69, 9.17) is 0 Å². The molecule has 9 heteroatoms. The Kier molecular flexibility index (Phi) is 4.38. The maximum Gasteiger partial charge on any atom is 0.245 e. The van der Waals surface area contributed by atoms with E-state index >= 15 is 0 Å². The highest BCUT2D eigenvalue weighted by atomic mass is 19.1. The minimum atomic E-state index is -0.759. The molecule has 2 aliphatic heterocycles. The Morgan fingerprint density at radius 3 is 2.61 bits per heavy atom. The summed E-state index contributed by atoms with van der Waals surface area (Å²) >= 11 is 0. The highest BCUT2D eigenvalue weighted by molar-refractivity contribution is 5.73. The van der Waals surface area contributed by atoms with Gasteiger partial charge >= 0.3 is 0 Å². The van der Waals surface area contributed by atoms with Crippen LogP contribution in [-0.2, 0) is 0 Å². The van der Waals surface area contributed by atoms with Gasteiger partial charge in [-0.3, -0.25) is 5.10 Å². The molecule has 4 atom stereocenters. The maximum absolute atomic E-state index is 14.2. The van der Waals surface area contributed by atoms with Gasteiger partial charge in [-0.1, -0.05) is 6.07 Å². The van der Waals surface area contributed by atoms with Crippen LogP contribution in [0.3, 0.4) is 0 Å². The van der Waals surface area contributed by atoms with Gasteiger partial charge in [0.15, 0.2) is 0 Å². The molecule has 1 aliphatic carbocycles. The molecule has 0 radical (unpaired) electrons. The van der Waals surface area contributed by atoms with E-state index in [-0.39, 0.29) is 23.9 Å². The number of alkyl halides is 1. The lowest BCUT2D eigenvalue weighted by atomic mass is 9.98. The Balaban J connectivity index is 1.25. The zero-order valence-electron chi connectivity index (χ0n) is 16.9. The summed E-state index contributed by atoms with van der Waals surface area (Å²) in [6.45, 7) is 0. The monoisotopic (exact) mass is 421 g/mol. The first-order chi connectivity index (χ1) is 15.2. The molecule has 2 aromatic heterocycles. The van der Waals surface area contributed by atoms with Gasteiger partial charge in [0.2, 0.25) is 5.95 Å². The Hall–Kier alpha value is -3.07. The minimum Gasteiger partial charge on any atom is -0.507 e. The highest BCUT2D eigenvalue weighted by Gasteiger charge is 2.46. The molecule has 6 rings (SSSR count). The van der Waals surface area contributed by atoms with E-state index in [1.807, 2.05) is 12.1 Å². The number of benzene rings is 1. The second kappa shape index (κ2) is 7.26. The molecule has 8 nitrogen and oxygen atoms in total. The smallest absolute Gasteiger partial charge is 0.245 e. The number of halogens is 1. The number of phenols is 1. The largest absolute Gasteiger partial charge is 0.507 e. The van der Waals surface area contributed by atoms with Crippen molar-refractivity contribution in [3.63, 3.8) is 0 Å². The van der Waals surface area contributed by atoms with Gasteiger partial charge in [0.1, 0.15) is 17.6 Å². The number of phenolic OH excluding ortho intramolecular Hbond substituents is 1. The molecule has 2 saturated heterocycles. The van der Waals surface area contributed by atoms with Crippen LogP contribution < -0.4 is 10.2 Å². The zero-order chi connectivity index (χ0) is 20.9. The fraction of sp³-hybridized carbons (Fsp3) is 0.455. The average Bonchev–Trinajstić information content (AvgIpc) is 3.37. The van der Waals surface area contributed by atoms with Gasteiger partial charge in [-0.2, -0.15) is 5.10 Å². The molecule has 3 aliphatic rings. The standard InChI is InChI=1S/C22H24FN7O/c23-18-7-14-6-16(8-19(18)27-14)30(15-2-3-15)22-24-11-20(28-29-22)17-4-1-12(5-21(17)31)13-9-25-26-10-13/h1,4-5,9-11,14-16,18-19,27,31H,2-3,6-8H2,(H,25,26)/t14-,16+,18-,19-/m1/s1. The van der Waals surface area contributed by atoms with Crippen LogP contribution in [0, 0.1) is 0 Å². The van der Waals surface area contributed by atoms with Gasteiger partial charge < -0.3 is 15.3 Å². The number of aromatic amines is 1. The van der Waals surface area contributed by atoms with Gasteiger partial charge in [-0.05, 0) is 49.8 Å². The number of piperidine rings is 1. The quantitative estimate of drug-likeness (QED) is 0.582. The minimum absolute atomic E-state index is 0.0667. The maximum atomic E-state index is 14.2. The van der Waals surface area contributed by atoms with Crippen LogP contribution in [0.4, 0.5) is 10.3 Å². The first-order valence-corrected chi connectivity index (χ1v) is 10.9. The van der Waals surface area contributed by atoms with E-state index in [0.717, 1.165) is 36.8 Å². The number of nitrogens with one attached hydrogen (secondary N) is 2. The molecule has 0 spiro atoms. The first kappa shape index (κ1) is 18.7. The van der Waals surface area contributed by atoms with Crippen LogP contribution in [-0.4, -0.2) is 60.8 Å². The molecule has 3 fully saturated rings. The molecule has 0 amide bonds. The van der Waals surface area contributed by atoms with Crippen LogP contribution in [0.15, 0.2) is 36.8 Å². The molecular weight excluding hydrogens is 397 g/mol. The van der Waals surface area contributed by atoms with E-state index in [9.17, 15) is 9.50 Å². The van der Waals surface area contributed by atoms with E-state index in [1.165, 1.54) is 0 Å². The van der Waals surface area contributed by atoms with Crippen molar-refractivity contribution in [3.8, 4) is 28.1 Å². The fourth-order valence-corrected chi connectivity index (χ4v) is 5.06. The Morgan fingerprint density at radius 2 is 1.94 bits per heavy atom. The van der Waals surface area contributed by atoms with Crippen LogP contribution in [0.25, 0.3) is 22.4 Å². The number of rotatable bonds is 5. The van der Waals surface area contributed by atoms with Crippen LogP contribution in [0.2, 0.25) is 0 Å². The predicted molar refractivity (Wildman–Crippen MR) is 113 cm³/mol. The van der Waals surface area contributed by atoms with Crippen LogP contribution >= 0.6 is 0 Å². The van der Waals surface area contributed by atoms with Gasteiger partial charge in [0.05, 0.1) is 12.4 Å². The molecular formula is C22H24FN7O. The summed E-state index contributed by atoms with van der Waals surface area (Å²) < 4.78 is 14.2. The summed E-state index contributed by atoms with van der Waals surface area (Å²) in [6.07, 6.45) is 8.89. The topological polar surface area (TPSA) is 103 Å². The Bertz CT molecular complexity index is 1070. The molecule has 0 unspecified atom stereocenters. The number of fused-ring (bicyclic) bond motifs is 2. The summed E-state index contributed by atoms with van der Waals surface area (Å²) in [5.74, 6) is 0.716. The Labute approximate surface area is 178 Å². The number of H-pyrrole nitrogens is 1. The third-order valence-electron chi connectivity index (χ3n) is 6.70. The fourth-order valence-electron chi connectivity index (χ4n) is 5.06. The Morgan fingerprint density at radius 1 is 1.03 bits per heavy atom. The molecule has 3 N–H and O–H groups in total. The number of anilines is 1. The molecule has 31 heavy (non-hydrogen) atoms. The van der Waals surface area contributed by atoms with E-state index in [1.54, 1.807) is 24.7 Å². The molecule has 2 bridgehead atoms. The highest BCUT2D eigenvalue weighted by Crippen LogP contribution is 2.39. The second-order valence-electron chi connectivity index (χ2n) is 8.85. The molecule has 160 valence electrons. The first-order valence-electron chi connectivity index (χ1n) is 10.9. The van der Waals surface area contributed by atoms with E-state index in [2.05, 4.69) is 35.6 Å². The average molecular weight is 421 g/mol. The summed E-state index contributed by atoms with van der Waals surface area (Å²) in [5, 5.41) is 29.4. The van der Waals surface area contributed by atoms with Gasteiger partial charge in [-0.15, -0.1) is 10.2 Å². The zero-order valence-corrected chi connectivity index (χ0v) is 16.9. The third-order valence-corrected chi connectivity index (χ3v) is 6.70. The van der Waals surface area contributed by atoms with Gasteiger partial charge in [0.25, 0.3) is 0 Å². The lowest BCUT2D eigenvalue weighted by molar-refractivity contribution is 0.271. The third kappa shape index (κ3) is 3.42. The van der Waals surface area contributed by atoms with Crippen molar-refractivity contribution < 1.29 is 9.50 Å². The lowest BCUT2D eigenvalue weighted by Gasteiger charge is -2.37. The predicted octanol–water partition coefficient (Wildman–Crippen LogP) is 2.83. The van der Waals surface area contributed by atoms with Crippen LogP contribution in [0.5, 0.6) is 5.75 Å². The van der Waals surface area contributed by atoms with E-state index < -0.39 is 6.17 Å². The van der Waals surface area contributed by atoms with Gasteiger partial charge in [0, 0.05) is 41.5 Å². The summed E-state index contributed by atoms with van der Waals surface area (Å²) in [7, 11) is 0. The molecule has 3 aromatic rings. The lowest BCUT2D eigenvalue weighted by Crippen LogP contribution is -2.50. The van der Waals surface area contributed by atoms with Crippen LogP contribution in [0.1, 0.15) is 32.1 Å². The number of hydrogen-bond acceptors (Lipinski definition) is 7. The van der Waals surface area contributed by atoms with Crippen molar-refractivity contribution in [2.45, 2.75) is 62.4 Å². The van der Waals surface area contributed by atoms with Crippen molar-refractivity contribution in [1.29, 1.82) is 0 Å². The number of aromatic nitrogens is 5. The number of hydrogen-bond donors (Lipinski definition) is 3. The van der Waals surface area contributed by atoms with Crippen molar-refractivity contribution in [2.75, 3.05) is 4.90 Å². The summed E-state index contributed by atoms with van der Waals surface area (Å²) in [5.41, 5.74) is 2.86. The number of nitrogens with zero attached hydrogens (tertiary/aromatic N) is 5. The second-order valence-corrected chi connectivity index (χ2v) is 8.85. The molecule has 4 heterocycles. The normalized spacial score (nSPS) is 27.4. The van der Waals surface area contributed by atoms with Gasteiger partial charge in [-0.25, -0.2) is 9.37 Å². The van der Waals surface area contributed by atoms with E-state index in [0.29, 0.717) is 29.7 Å². The summed E-state index contributed by atoms with van der Waals surface area (Å²) in [4.78, 5) is 6.87. The molecule has 1 aromatic carbocycles. The summed E-state index contributed by atoms with van der Waals surface area (Å²) in [6, 6.07) is 6.22. The van der Waals surface area contributed by atoms with Crippen molar-refractivity contribution in [2.24, 2.45) is 0 Å². The molecule has 1 saturated carbocycles. The number of aromatic hydroxyl groups is 1. The van der Waals surface area contributed by atoms with Crippen molar-refractivity contribution >= 4 is 5.95 Å². The van der Waals surface area contributed by atoms with Crippen molar-refractivity contribution in [3.05, 3.63) is 36.8 Å². The SMILES string of the molecule is Oc1cc(-c2cn[nH]c2)ccc1-c1cnc(N(C2CC2)[C@H]2C[C@@H]3C[C@@H](F)[C@@H](C2)N3)nn1.